The molecule has 0 saturated heterocycles. The summed E-state index contributed by atoms with van der Waals surface area (Å²) in [6.45, 7) is 16.1. The first-order valence-corrected chi connectivity index (χ1v) is 8.48. The second-order valence-electron chi connectivity index (χ2n) is 6.33. The molecule has 0 amide bonds. The Morgan fingerprint density at radius 2 is 1.24 bits per heavy atom. The number of ether oxygens (including phenoxy) is 3. The summed E-state index contributed by atoms with van der Waals surface area (Å²) in [6.07, 6.45) is 0.414. The van der Waals surface area contributed by atoms with Crippen molar-refractivity contribution in [3.63, 3.8) is 0 Å². The molecule has 0 aromatic rings. The van der Waals surface area contributed by atoms with Crippen LogP contribution in [-0.4, -0.2) is 55.1 Å². The van der Waals surface area contributed by atoms with Gasteiger partial charge >= 0.3 is 23.9 Å². The second kappa shape index (κ2) is 14.0. The molecule has 0 radical (unpaired) electrons. The molecule has 9 heteroatoms. The van der Waals surface area contributed by atoms with E-state index in [1.165, 1.54) is 20.8 Å². The van der Waals surface area contributed by atoms with Crippen LogP contribution in [0.1, 0.15) is 34.1 Å². The van der Waals surface area contributed by atoms with E-state index in [0.717, 1.165) is 0 Å². The molecule has 0 saturated carbocycles. The van der Waals surface area contributed by atoms with E-state index in [4.69, 9.17) is 9.47 Å². The molecule has 0 aliphatic rings. The van der Waals surface area contributed by atoms with Gasteiger partial charge in [-0.05, 0) is 27.2 Å². The Labute approximate surface area is 170 Å². The normalized spacial score (nSPS) is 9.83. The summed E-state index contributed by atoms with van der Waals surface area (Å²) in [5.41, 5.74) is -0.158. The van der Waals surface area contributed by atoms with Crippen molar-refractivity contribution in [3.05, 3.63) is 36.5 Å². The van der Waals surface area contributed by atoms with Gasteiger partial charge in [0.05, 0.1) is 12.0 Å². The molecule has 0 rings (SSSR count). The van der Waals surface area contributed by atoms with Crippen LogP contribution < -0.4 is 0 Å². The number of rotatable bonds is 10. The number of aliphatic hydroxyl groups is 1. The minimum Gasteiger partial charge on any atom is -0.462 e. The molecule has 0 aromatic heterocycles. The van der Waals surface area contributed by atoms with E-state index in [0.29, 0.717) is 6.42 Å². The Hall–Kier alpha value is -3.07. The number of hydrogen-bond donors (Lipinski definition) is 1. The largest absolute Gasteiger partial charge is 0.462 e. The zero-order valence-corrected chi connectivity index (χ0v) is 17.2. The van der Waals surface area contributed by atoms with Crippen molar-refractivity contribution in [3.8, 4) is 0 Å². The predicted octanol–water partition coefficient (Wildman–Crippen LogP) is 1.44. The van der Waals surface area contributed by atoms with Gasteiger partial charge in [0.15, 0.2) is 0 Å². The summed E-state index contributed by atoms with van der Waals surface area (Å²) in [4.78, 5) is 52.8. The van der Waals surface area contributed by atoms with E-state index < -0.39 is 29.3 Å². The Balaban J connectivity index is 0. The first-order valence-electron chi connectivity index (χ1n) is 8.48. The maximum Gasteiger partial charge on any atom is 0.379 e. The molecule has 0 spiro atoms. The number of carbonyl (C=O) groups is 5. The molecule has 1 N–H and O–H groups in total. The van der Waals surface area contributed by atoms with Crippen LogP contribution in [0.15, 0.2) is 36.5 Å². The Kier molecular flexibility index (Phi) is 13.6. The van der Waals surface area contributed by atoms with Gasteiger partial charge in [-0.25, -0.2) is 19.2 Å². The van der Waals surface area contributed by atoms with Gasteiger partial charge in [0, 0.05) is 16.7 Å². The molecular formula is C20H28O9. The van der Waals surface area contributed by atoms with E-state index in [-0.39, 0.29) is 42.8 Å². The molecule has 162 valence electrons. The van der Waals surface area contributed by atoms with Crippen molar-refractivity contribution in [2.45, 2.75) is 34.1 Å². The molecule has 0 aromatic carbocycles. The molecule has 0 heterocycles. The van der Waals surface area contributed by atoms with Crippen molar-refractivity contribution in [1.82, 2.24) is 0 Å². The summed E-state index contributed by atoms with van der Waals surface area (Å²) in [6, 6.07) is 0. The van der Waals surface area contributed by atoms with E-state index in [2.05, 4.69) is 24.5 Å². The number of esters is 4. The van der Waals surface area contributed by atoms with Crippen LogP contribution in [0.3, 0.4) is 0 Å². The zero-order valence-electron chi connectivity index (χ0n) is 17.2. The van der Waals surface area contributed by atoms with E-state index in [1.807, 2.05) is 6.92 Å². The Morgan fingerprint density at radius 3 is 1.48 bits per heavy atom. The fourth-order valence-corrected chi connectivity index (χ4v) is 1.34. The highest BCUT2D eigenvalue weighted by atomic mass is 16.6. The van der Waals surface area contributed by atoms with Crippen molar-refractivity contribution >= 4 is 30.2 Å². The van der Waals surface area contributed by atoms with Gasteiger partial charge < -0.3 is 19.3 Å². The molecule has 0 bridgehead atoms. The third-order valence-electron chi connectivity index (χ3n) is 3.44. The highest BCUT2D eigenvalue weighted by Gasteiger charge is 2.31. The third-order valence-corrected chi connectivity index (χ3v) is 3.44. The standard InChI is InChI=1S/C14H22O5.C6H6O4/c1-6-14(7-15,8-18-12(16)10(2)3)9-19-13(17)11(4)5;1-4(2)6(9)10-5(8)3-7/h15H,2,4,6-9H2,1,3,5H3;3H,1H2,2H3. The van der Waals surface area contributed by atoms with Crippen molar-refractivity contribution in [2.24, 2.45) is 5.41 Å². The van der Waals surface area contributed by atoms with Crippen molar-refractivity contribution in [1.29, 1.82) is 0 Å². The number of carbonyl (C=O) groups excluding carboxylic acids is 5. The Bertz CT molecular complexity index is 637. The van der Waals surface area contributed by atoms with Gasteiger partial charge in [0.2, 0.25) is 6.29 Å². The summed E-state index contributed by atoms with van der Waals surface area (Å²) < 4.78 is 14.0. The average molecular weight is 412 g/mol. The molecule has 0 fully saturated rings. The lowest BCUT2D eigenvalue weighted by molar-refractivity contribution is -0.159. The smallest absolute Gasteiger partial charge is 0.379 e. The van der Waals surface area contributed by atoms with E-state index in [1.54, 1.807) is 0 Å². The number of aldehydes is 1. The monoisotopic (exact) mass is 412 g/mol. The molecule has 0 unspecified atom stereocenters. The highest BCUT2D eigenvalue weighted by molar-refractivity contribution is 6.23. The lowest BCUT2D eigenvalue weighted by Gasteiger charge is -2.29. The number of hydrogen-bond acceptors (Lipinski definition) is 9. The van der Waals surface area contributed by atoms with Crippen molar-refractivity contribution < 1.29 is 43.3 Å². The average Bonchev–Trinajstić information content (AvgIpc) is 2.68. The fourth-order valence-electron chi connectivity index (χ4n) is 1.34. The van der Waals surface area contributed by atoms with Crippen LogP contribution in [0.5, 0.6) is 0 Å². The predicted molar refractivity (Wildman–Crippen MR) is 103 cm³/mol. The summed E-state index contributed by atoms with van der Waals surface area (Å²) >= 11 is 0. The molecular weight excluding hydrogens is 384 g/mol. The molecule has 0 aliphatic heterocycles. The van der Waals surface area contributed by atoms with Crippen LogP contribution in [0.4, 0.5) is 0 Å². The van der Waals surface area contributed by atoms with Crippen LogP contribution in [-0.2, 0) is 38.2 Å². The lowest BCUT2D eigenvalue weighted by Crippen LogP contribution is -2.37. The van der Waals surface area contributed by atoms with Crippen LogP contribution in [0, 0.1) is 5.41 Å². The molecule has 9 nitrogen and oxygen atoms in total. The Morgan fingerprint density at radius 1 is 0.862 bits per heavy atom. The fraction of sp³-hybridized carbons (Fsp3) is 0.450. The van der Waals surface area contributed by atoms with Gasteiger partial charge in [-0.1, -0.05) is 26.7 Å². The first-order chi connectivity index (χ1) is 13.4. The minimum absolute atomic E-state index is 0.0326. The summed E-state index contributed by atoms with van der Waals surface area (Å²) in [7, 11) is 0. The second-order valence-corrected chi connectivity index (χ2v) is 6.33. The minimum atomic E-state index is -1.20. The zero-order chi connectivity index (χ0) is 23.2. The maximum absolute atomic E-state index is 11.3. The molecule has 29 heavy (non-hydrogen) atoms. The first kappa shape index (κ1) is 28.1. The van der Waals surface area contributed by atoms with E-state index in [9.17, 15) is 29.1 Å². The molecule has 0 aliphatic carbocycles. The van der Waals surface area contributed by atoms with Crippen LogP contribution in [0.2, 0.25) is 0 Å². The highest BCUT2D eigenvalue weighted by Crippen LogP contribution is 2.23. The van der Waals surface area contributed by atoms with Gasteiger partial charge in [0.25, 0.3) is 0 Å². The third kappa shape index (κ3) is 12.1. The van der Waals surface area contributed by atoms with Gasteiger partial charge in [-0.3, -0.25) is 4.79 Å². The quantitative estimate of drug-likeness (QED) is 0.141. The molecule has 0 atom stereocenters. The van der Waals surface area contributed by atoms with Crippen LogP contribution >= 0.6 is 0 Å². The van der Waals surface area contributed by atoms with Gasteiger partial charge in [-0.2, -0.15) is 0 Å². The summed E-state index contributed by atoms with van der Waals surface area (Å²) in [5, 5.41) is 9.45. The van der Waals surface area contributed by atoms with E-state index >= 15 is 0 Å². The SMILES string of the molecule is C=C(C)C(=O)OC(=O)C=O.C=C(C)C(=O)OCC(CC)(CO)COC(=O)C(=C)C. The lowest BCUT2D eigenvalue weighted by atomic mass is 9.88. The summed E-state index contributed by atoms with van der Waals surface area (Å²) in [5.74, 6) is -3.14. The topological polar surface area (TPSA) is 133 Å². The maximum atomic E-state index is 11.3. The van der Waals surface area contributed by atoms with Gasteiger partial charge in [0.1, 0.15) is 13.2 Å². The number of aliphatic hydroxyl groups excluding tert-OH is 1. The van der Waals surface area contributed by atoms with Gasteiger partial charge in [-0.15, -0.1) is 0 Å². The van der Waals surface area contributed by atoms with Crippen molar-refractivity contribution in [2.75, 3.05) is 19.8 Å². The van der Waals surface area contributed by atoms with Crippen LogP contribution in [0.25, 0.3) is 0 Å².